The van der Waals surface area contributed by atoms with Crippen LogP contribution in [0.3, 0.4) is 0 Å². The van der Waals surface area contributed by atoms with Gasteiger partial charge in [0.05, 0.1) is 11.4 Å². The Hall–Kier alpha value is -1.61. The Bertz CT molecular complexity index is 695. The van der Waals surface area contributed by atoms with Gasteiger partial charge in [0.2, 0.25) is 0 Å². The van der Waals surface area contributed by atoms with Gasteiger partial charge in [-0.25, -0.2) is 4.68 Å². The van der Waals surface area contributed by atoms with Crippen molar-refractivity contribution in [2.75, 3.05) is 6.54 Å². The van der Waals surface area contributed by atoms with E-state index in [0.29, 0.717) is 0 Å². The van der Waals surface area contributed by atoms with Crippen LogP contribution >= 0.6 is 0 Å². The van der Waals surface area contributed by atoms with Crippen molar-refractivity contribution in [3.05, 3.63) is 47.3 Å². The molecule has 2 aromatic rings. The predicted molar refractivity (Wildman–Crippen MR) is 91.7 cm³/mol. The van der Waals surface area contributed by atoms with Crippen molar-refractivity contribution in [1.82, 2.24) is 14.7 Å². The van der Waals surface area contributed by atoms with E-state index in [0.717, 1.165) is 18.5 Å². The van der Waals surface area contributed by atoms with E-state index in [4.69, 9.17) is 5.10 Å². The highest BCUT2D eigenvalue weighted by Crippen LogP contribution is 2.37. The SMILES string of the molecule is c1ccc(-n2nc(CN(CC3CC3)C3CC3)c3c2CCC3)cc1. The van der Waals surface area contributed by atoms with Gasteiger partial charge < -0.3 is 0 Å². The summed E-state index contributed by atoms with van der Waals surface area (Å²) in [6.07, 6.45) is 9.38. The summed E-state index contributed by atoms with van der Waals surface area (Å²) in [4.78, 5) is 2.73. The minimum atomic E-state index is 0.842. The molecular weight excluding hydrogens is 282 g/mol. The summed E-state index contributed by atoms with van der Waals surface area (Å²) in [5.41, 5.74) is 5.59. The summed E-state index contributed by atoms with van der Waals surface area (Å²) in [5, 5.41) is 5.05. The van der Waals surface area contributed by atoms with E-state index in [-0.39, 0.29) is 0 Å². The molecule has 0 unspecified atom stereocenters. The van der Waals surface area contributed by atoms with Crippen LogP contribution in [-0.4, -0.2) is 27.3 Å². The molecule has 120 valence electrons. The maximum atomic E-state index is 5.05. The summed E-state index contributed by atoms with van der Waals surface area (Å²) in [7, 11) is 0. The molecule has 0 radical (unpaired) electrons. The Labute approximate surface area is 138 Å². The van der Waals surface area contributed by atoms with E-state index in [2.05, 4.69) is 39.9 Å². The van der Waals surface area contributed by atoms with Gasteiger partial charge in [-0.1, -0.05) is 18.2 Å². The summed E-state index contributed by atoms with van der Waals surface area (Å²) in [5.74, 6) is 0.972. The van der Waals surface area contributed by atoms with Crippen molar-refractivity contribution < 1.29 is 0 Å². The summed E-state index contributed by atoms with van der Waals surface area (Å²) >= 11 is 0. The number of fused-ring (bicyclic) bond motifs is 1. The lowest BCUT2D eigenvalue weighted by Gasteiger charge is -2.21. The third-order valence-electron chi connectivity index (χ3n) is 5.62. The molecule has 0 atom stereocenters. The fourth-order valence-corrected chi connectivity index (χ4v) is 4.03. The standard InChI is InChI=1S/C20H25N3/c1-2-5-17(6-3-1)23-20-8-4-7-18(20)19(21-23)14-22(16-11-12-16)13-15-9-10-15/h1-3,5-6,15-16H,4,7-14H2. The van der Waals surface area contributed by atoms with Crippen LogP contribution in [0.4, 0.5) is 0 Å². The average molecular weight is 307 g/mol. The number of benzene rings is 1. The fraction of sp³-hybridized carbons (Fsp3) is 0.550. The van der Waals surface area contributed by atoms with Crippen LogP contribution in [0.1, 0.15) is 49.1 Å². The molecule has 0 amide bonds. The smallest absolute Gasteiger partial charge is 0.0804 e. The maximum Gasteiger partial charge on any atom is 0.0804 e. The monoisotopic (exact) mass is 307 g/mol. The quantitative estimate of drug-likeness (QED) is 0.810. The summed E-state index contributed by atoms with van der Waals surface area (Å²) in [6.45, 7) is 2.38. The minimum absolute atomic E-state index is 0.842. The zero-order valence-electron chi connectivity index (χ0n) is 13.7. The van der Waals surface area contributed by atoms with Crippen molar-refractivity contribution >= 4 is 0 Å². The molecule has 0 N–H and O–H groups in total. The second-order valence-electron chi connectivity index (χ2n) is 7.58. The number of rotatable bonds is 6. The molecule has 0 spiro atoms. The molecule has 23 heavy (non-hydrogen) atoms. The lowest BCUT2D eigenvalue weighted by Crippen LogP contribution is -2.28. The minimum Gasteiger partial charge on any atom is -0.294 e. The second-order valence-corrected chi connectivity index (χ2v) is 7.58. The number of hydrogen-bond donors (Lipinski definition) is 0. The summed E-state index contributed by atoms with van der Waals surface area (Å²) in [6, 6.07) is 11.5. The van der Waals surface area contributed by atoms with E-state index in [1.54, 1.807) is 5.56 Å². The van der Waals surface area contributed by atoms with Gasteiger partial charge in [0.15, 0.2) is 0 Å². The number of para-hydroxylation sites is 1. The van der Waals surface area contributed by atoms with Gasteiger partial charge in [0.1, 0.15) is 0 Å². The lowest BCUT2D eigenvalue weighted by molar-refractivity contribution is 0.240. The molecule has 0 bridgehead atoms. The van der Waals surface area contributed by atoms with E-state index in [1.807, 2.05) is 0 Å². The van der Waals surface area contributed by atoms with Crippen molar-refractivity contribution in [3.8, 4) is 5.69 Å². The second kappa shape index (κ2) is 5.48. The number of hydrogen-bond acceptors (Lipinski definition) is 2. The first-order chi connectivity index (χ1) is 11.4. The molecule has 5 rings (SSSR count). The maximum absolute atomic E-state index is 5.05. The fourth-order valence-electron chi connectivity index (χ4n) is 4.03. The molecule has 0 aliphatic heterocycles. The van der Waals surface area contributed by atoms with Gasteiger partial charge in [-0.3, -0.25) is 4.90 Å². The van der Waals surface area contributed by atoms with Gasteiger partial charge in [-0.15, -0.1) is 0 Å². The van der Waals surface area contributed by atoms with Gasteiger partial charge in [-0.2, -0.15) is 5.10 Å². The molecular formula is C20H25N3. The van der Waals surface area contributed by atoms with E-state index < -0.39 is 0 Å². The Balaban J connectivity index is 1.46. The van der Waals surface area contributed by atoms with Gasteiger partial charge in [0.25, 0.3) is 0 Å². The zero-order valence-corrected chi connectivity index (χ0v) is 13.7. The first-order valence-corrected chi connectivity index (χ1v) is 9.27. The first kappa shape index (κ1) is 13.8. The van der Waals surface area contributed by atoms with Crippen LogP contribution < -0.4 is 0 Å². The Morgan fingerprint density at radius 2 is 1.87 bits per heavy atom. The summed E-state index contributed by atoms with van der Waals surface area (Å²) < 4.78 is 2.22. The third kappa shape index (κ3) is 2.72. The molecule has 3 heteroatoms. The number of aromatic nitrogens is 2. The van der Waals surface area contributed by atoms with Gasteiger partial charge in [-0.05, 0) is 68.6 Å². The van der Waals surface area contributed by atoms with Crippen LogP contribution in [0.5, 0.6) is 0 Å². The van der Waals surface area contributed by atoms with Gasteiger partial charge >= 0.3 is 0 Å². The average Bonchev–Trinajstić information content (AvgIpc) is 3.49. The van der Waals surface area contributed by atoms with Crippen molar-refractivity contribution in [3.63, 3.8) is 0 Å². The Morgan fingerprint density at radius 3 is 2.61 bits per heavy atom. The van der Waals surface area contributed by atoms with E-state index >= 15 is 0 Å². The van der Waals surface area contributed by atoms with Crippen LogP contribution in [0.2, 0.25) is 0 Å². The Morgan fingerprint density at radius 1 is 1.04 bits per heavy atom. The molecule has 1 aromatic carbocycles. The van der Waals surface area contributed by atoms with E-state index in [9.17, 15) is 0 Å². The molecule has 2 saturated carbocycles. The van der Waals surface area contributed by atoms with E-state index in [1.165, 1.54) is 68.6 Å². The largest absolute Gasteiger partial charge is 0.294 e. The molecule has 0 saturated heterocycles. The van der Waals surface area contributed by atoms with Gasteiger partial charge in [0, 0.05) is 24.8 Å². The highest BCUT2D eigenvalue weighted by atomic mass is 15.3. The molecule has 2 fully saturated rings. The van der Waals surface area contributed by atoms with Crippen molar-refractivity contribution in [1.29, 1.82) is 0 Å². The normalized spacial score (nSPS) is 20.2. The first-order valence-electron chi connectivity index (χ1n) is 9.27. The molecule has 1 heterocycles. The predicted octanol–water partition coefficient (Wildman–Crippen LogP) is 3.74. The molecule has 1 aromatic heterocycles. The number of nitrogens with zero attached hydrogens (tertiary/aromatic N) is 3. The van der Waals surface area contributed by atoms with Crippen LogP contribution in [-0.2, 0) is 19.4 Å². The lowest BCUT2D eigenvalue weighted by atomic mass is 10.2. The molecule has 3 aliphatic rings. The highest BCUT2D eigenvalue weighted by Gasteiger charge is 2.35. The highest BCUT2D eigenvalue weighted by molar-refractivity contribution is 5.39. The van der Waals surface area contributed by atoms with Crippen LogP contribution in [0, 0.1) is 5.92 Å². The van der Waals surface area contributed by atoms with Crippen LogP contribution in [0.25, 0.3) is 5.69 Å². The van der Waals surface area contributed by atoms with Crippen molar-refractivity contribution in [2.45, 2.75) is 57.5 Å². The Kier molecular flexibility index (Phi) is 3.29. The topological polar surface area (TPSA) is 21.1 Å². The molecule has 3 aliphatic carbocycles. The molecule has 3 nitrogen and oxygen atoms in total. The third-order valence-corrected chi connectivity index (χ3v) is 5.62. The zero-order chi connectivity index (χ0) is 15.2. The van der Waals surface area contributed by atoms with Crippen LogP contribution in [0.15, 0.2) is 30.3 Å². The van der Waals surface area contributed by atoms with Crippen molar-refractivity contribution in [2.24, 2.45) is 5.92 Å².